The van der Waals surface area contributed by atoms with Crippen molar-refractivity contribution in [1.29, 1.82) is 5.26 Å². The molecule has 1 fully saturated rings. The minimum absolute atomic E-state index is 0.0538. The fourth-order valence-electron chi connectivity index (χ4n) is 3.44. The van der Waals surface area contributed by atoms with Crippen molar-refractivity contribution < 1.29 is 26.1 Å². The highest BCUT2D eigenvalue weighted by Crippen LogP contribution is 2.31. The maximum Gasteiger partial charge on any atom is 0.416 e. The molecule has 2 heterocycles. The van der Waals surface area contributed by atoms with Crippen LogP contribution in [0.5, 0.6) is 0 Å². The molecule has 172 valence electrons. The molecule has 0 bridgehead atoms. The van der Waals surface area contributed by atoms with Crippen molar-refractivity contribution in [1.82, 2.24) is 19.3 Å². The van der Waals surface area contributed by atoms with E-state index >= 15 is 0 Å². The third kappa shape index (κ3) is 5.05. The number of rotatable bonds is 5. The maximum absolute atomic E-state index is 12.9. The number of sulfonamides is 1. The van der Waals surface area contributed by atoms with Gasteiger partial charge in [0.2, 0.25) is 21.7 Å². The zero-order valence-electron chi connectivity index (χ0n) is 17.2. The molecule has 1 aliphatic heterocycles. The van der Waals surface area contributed by atoms with Crippen molar-refractivity contribution >= 4 is 10.0 Å². The average molecular weight is 477 g/mol. The minimum atomic E-state index is -4.47. The van der Waals surface area contributed by atoms with Gasteiger partial charge in [0.1, 0.15) is 0 Å². The van der Waals surface area contributed by atoms with Gasteiger partial charge in [0.15, 0.2) is 0 Å². The number of piperazine rings is 1. The predicted molar refractivity (Wildman–Crippen MR) is 110 cm³/mol. The van der Waals surface area contributed by atoms with E-state index in [0.717, 1.165) is 12.1 Å². The highest BCUT2D eigenvalue weighted by Gasteiger charge is 2.31. The molecule has 1 aliphatic rings. The van der Waals surface area contributed by atoms with E-state index in [9.17, 15) is 21.6 Å². The van der Waals surface area contributed by atoms with Gasteiger partial charge >= 0.3 is 6.18 Å². The third-order valence-electron chi connectivity index (χ3n) is 5.23. The quantitative estimate of drug-likeness (QED) is 0.556. The molecule has 4 rings (SSSR count). The summed E-state index contributed by atoms with van der Waals surface area (Å²) in [6, 6.07) is 12.4. The van der Waals surface area contributed by atoms with E-state index in [1.165, 1.54) is 40.7 Å². The number of benzene rings is 2. The smallest absolute Gasteiger partial charge is 0.338 e. The first-order chi connectivity index (χ1) is 15.7. The van der Waals surface area contributed by atoms with Gasteiger partial charge in [-0.1, -0.05) is 17.3 Å². The first-order valence-corrected chi connectivity index (χ1v) is 11.3. The van der Waals surface area contributed by atoms with E-state index in [-0.39, 0.29) is 41.8 Å². The van der Waals surface area contributed by atoms with Crippen LogP contribution in [0.2, 0.25) is 0 Å². The summed E-state index contributed by atoms with van der Waals surface area (Å²) in [5.74, 6) is 0.281. The summed E-state index contributed by atoms with van der Waals surface area (Å²) in [6.07, 6.45) is -4.47. The van der Waals surface area contributed by atoms with E-state index in [0.29, 0.717) is 18.7 Å². The Bertz CT molecular complexity index is 1280. The van der Waals surface area contributed by atoms with Crippen LogP contribution in [0.15, 0.2) is 57.9 Å². The topological polar surface area (TPSA) is 103 Å². The Labute approximate surface area is 187 Å². The fraction of sp³-hybridized carbons (Fsp3) is 0.286. The highest BCUT2D eigenvalue weighted by molar-refractivity contribution is 7.89. The van der Waals surface area contributed by atoms with Gasteiger partial charge in [-0.15, -0.1) is 0 Å². The Morgan fingerprint density at radius 2 is 1.76 bits per heavy atom. The molecule has 8 nitrogen and oxygen atoms in total. The normalized spacial score (nSPS) is 15.9. The van der Waals surface area contributed by atoms with Crippen LogP contribution < -0.4 is 0 Å². The van der Waals surface area contributed by atoms with Gasteiger partial charge in [0.25, 0.3) is 0 Å². The van der Waals surface area contributed by atoms with Crippen molar-refractivity contribution in [2.75, 3.05) is 26.2 Å². The average Bonchev–Trinajstić information content (AvgIpc) is 3.27. The van der Waals surface area contributed by atoms with Gasteiger partial charge in [0.05, 0.1) is 28.6 Å². The Morgan fingerprint density at radius 3 is 2.39 bits per heavy atom. The van der Waals surface area contributed by atoms with Crippen LogP contribution in [0.1, 0.15) is 17.0 Å². The van der Waals surface area contributed by atoms with Crippen molar-refractivity contribution in [3.63, 3.8) is 0 Å². The summed E-state index contributed by atoms with van der Waals surface area (Å²) in [5.41, 5.74) is -0.230. The molecule has 0 N–H and O–H groups in total. The molecule has 0 unspecified atom stereocenters. The van der Waals surface area contributed by atoms with Gasteiger partial charge in [-0.3, -0.25) is 4.90 Å². The lowest BCUT2D eigenvalue weighted by molar-refractivity contribution is -0.137. The molecule has 0 spiro atoms. The lowest BCUT2D eigenvalue weighted by Crippen LogP contribution is -2.48. The van der Waals surface area contributed by atoms with Crippen LogP contribution in [0, 0.1) is 11.3 Å². The summed E-state index contributed by atoms with van der Waals surface area (Å²) in [6.45, 7) is 1.57. The second-order valence-corrected chi connectivity index (χ2v) is 9.34. The summed E-state index contributed by atoms with van der Waals surface area (Å²) in [5, 5.41) is 12.6. The number of hydrogen-bond acceptors (Lipinski definition) is 7. The monoisotopic (exact) mass is 477 g/mol. The predicted octanol–water partition coefficient (Wildman–Crippen LogP) is 3.13. The van der Waals surface area contributed by atoms with Gasteiger partial charge in [0, 0.05) is 31.7 Å². The molecular weight excluding hydrogens is 459 g/mol. The maximum atomic E-state index is 12.9. The van der Waals surface area contributed by atoms with Gasteiger partial charge < -0.3 is 4.52 Å². The first-order valence-electron chi connectivity index (χ1n) is 9.90. The van der Waals surface area contributed by atoms with Crippen LogP contribution >= 0.6 is 0 Å². The van der Waals surface area contributed by atoms with Gasteiger partial charge in [-0.25, -0.2) is 8.42 Å². The van der Waals surface area contributed by atoms with Crippen LogP contribution in [0.3, 0.4) is 0 Å². The number of nitrogens with zero attached hydrogens (tertiary/aromatic N) is 5. The molecule has 0 aliphatic carbocycles. The Morgan fingerprint density at radius 1 is 1.06 bits per heavy atom. The molecule has 33 heavy (non-hydrogen) atoms. The van der Waals surface area contributed by atoms with Crippen LogP contribution in [-0.4, -0.2) is 53.9 Å². The summed E-state index contributed by atoms with van der Waals surface area (Å²) in [4.78, 5) is 6.23. The van der Waals surface area contributed by atoms with Crippen molar-refractivity contribution in [3.05, 3.63) is 65.5 Å². The molecule has 12 heteroatoms. The second-order valence-electron chi connectivity index (χ2n) is 7.41. The largest absolute Gasteiger partial charge is 0.416 e. The molecule has 3 aromatic rings. The standard InChI is InChI=1S/C21H18F3N5O3S/c22-21(23,24)17-3-1-2-16(12-17)20-26-19(32-27-20)14-28-8-10-29(11-9-28)33(30,31)18-6-4-15(13-25)5-7-18/h1-7,12H,8-11,14H2. The van der Waals surface area contributed by atoms with Gasteiger partial charge in [-0.05, 0) is 36.4 Å². The van der Waals surface area contributed by atoms with Crippen LogP contribution in [-0.2, 0) is 22.7 Å². The lowest BCUT2D eigenvalue weighted by atomic mass is 10.1. The molecule has 0 saturated carbocycles. The summed E-state index contributed by atoms with van der Waals surface area (Å²) >= 11 is 0. The van der Waals surface area contributed by atoms with E-state index in [1.54, 1.807) is 0 Å². The zero-order chi connectivity index (χ0) is 23.6. The Balaban J connectivity index is 1.38. The second kappa shape index (κ2) is 8.93. The molecule has 0 atom stereocenters. The van der Waals surface area contributed by atoms with Crippen LogP contribution in [0.25, 0.3) is 11.4 Å². The molecule has 0 radical (unpaired) electrons. The van der Waals surface area contributed by atoms with Gasteiger partial charge in [-0.2, -0.15) is 27.7 Å². The molecule has 1 saturated heterocycles. The van der Waals surface area contributed by atoms with E-state index < -0.39 is 21.8 Å². The molecular formula is C21H18F3N5O3S. The van der Waals surface area contributed by atoms with E-state index in [4.69, 9.17) is 9.78 Å². The number of hydrogen-bond donors (Lipinski definition) is 0. The lowest BCUT2D eigenvalue weighted by Gasteiger charge is -2.33. The van der Waals surface area contributed by atoms with Crippen molar-refractivity contribution in [3.8, 4) is 17.5 Å². The number of halogens is 3. The van der Waals surface area contributed by atoms with Crippen molar-refractivity contribution in [2.24, 2.45) is 0 Å². The molecule has 2 aromatic carbocycles. The zero-order valence-corrected chi connectivity index (χ0v) is 18.0. The molecule has 1 aromatic heterocycles. The summed E-state index contributed by atoms with van der Waals surface area (Å²) < 4.78 is 71.0. The van der Waals surface area contributed by atoms with E-state index in [2.05, 4.69) is 10.1 Å². The Kier molecular flexibility index (Phi) is 6.20. The third-order valence-corrected chi connectivity index (χ3v) is 7.14. The SMILES string of the molecule is N#Cc1ccc(S(=O)(=O)N2CCN(Cc3nc(-c4cccc(C(F)(F)F)c4)no3)CC2)cc1. The summed E-state index contributed by atoms with van der Waals surface area (Å²) in [7, 11) is -3.68. The number of alkyl halides is 3. The fourth-order valence-corrected chi connectivity index (χ4v) is 4.86. The first kappa shape index (κ1) is 22.9. The van der Waals surface area contributed by atoms with Crippen molar-refractivity contribution in [2.45, 2.75) is 17.6 Å². The number of aromatic nitrogens is 2. The molecule has 0 amide bonds. The Hall–Kier alpha value is -3.27. The highest BCUT2D eigenvalue weighted by atomic mass is 32.2. The minimum Gasteiger partial charge on any atom is -0.338 e. The van der Waals surface area contributed by atoms with E-state index in [1.807, 2.05) is 11.0 Å². The van der Waals surface area contributed by atoms with Crippen LogP contribution in [0.4, 0.5) is 13.2 Å². The number of nitriles is 1.